The monoisotopic (exact) mass is 564 g/mol. The molecule has 3 aliphatic carbocycles. The fourth-order valence-electron chi connectivity index (χ4n) is 9.28. The number of nitrogens with two attached hydrogens (primary N) is 1. The molecule has 11 heteroatoms. The predicted molar refractivity (Wildman–Crippen MR) is 148 cm³/mol. The number of amides is 1. The van der Waals surface area contributed by atoms with Crippen molar-refractivity contribution in [2.45, 2.75) is 55.8 Å². The molecule has 2 saturated heterocycles. The second-order valence-corrected chi connectivity index (χ2v) is 13.0. The molecule has 1 amide bonds. The summed E-state index contributed by atoms with van der Waals surface area (Å²) in [5.74, 6) is -5.87. The number of carbonyl (C=O) groups is 3. The van der Waals surface area contributed by atoms with E-state index in [1.165, 1.54) is 11.3 Å². The molecule has 0 spiro atoms. The molecular weight excluding hydrogens is 528 g/mol. The molecule has 6 N–H and O–H groups in total. The number of phenolic OH excluding ortho intramolecular Hbond substituents is 1. The maximum absolute atomic E-state index is 14.1. The maximum Gasteiger partial charge on any atom is 0.255 e. The van der Waals surface area contributed by atoms with Gasteiger partial charge < -0.3 is 31.1 Å². The lowest BCUT2D eigenvalue weighted by Gasteiger charge is -2.50. The van der Waals surface area contributed by atoms with E-state index in [2.05, 4.69) is 9.80 Å². The van der Waals surface area contributed by atoms with E-state index in [9.17, 15) is 34.8 Å². The van der Waals surface area contributed by atoms with Crippen molar-refractivity contribution in [3.63, 3.8) is 0 Å². The molecule has 6 aliphatic rings. The van der Waals surface area contributed by atoms with Crippen LogP contribution < -0.4 is 10.6 Å². The Hall–Kier alpha value is -3.41. The van der Waals surface area contributed by atoms with Crippen LogP contribution in [0.5, 0.6) is 5.75 Å². The lowest BCUT2D eigenvalue weighted by Crippen LogP contribution is -2.65. The van der Waals surface area contributed by atoms with Crippen molar-refractivity contribution in [3.8, 4) is 5.75 Å². The third-order valence-electron chi connectivity index (χ3n) is 10.7. The molecule has 11 nitrogen and oxygen atoms in total. The lowest BCUT2D eigenvalue weighted by atomic mass is 9.57. The minimum atomic E-state index is -2.63. The summed E-state index contributed by atoms with van der Waals surface area (Å²) in [6.07, 6.45) is 3.83. The highest BCUT2D eigenvalue weighted by Crippen LogP contribution is 2.58. The first-order valence-corrected chi connectivity index (χ1v) is 14.4. The Morgan fingerprint density at radius 1 is 1.17 bits per heavy atom. The highest BCUT2D eigenvalue weighted by molar-refractivity contribution is 6.24. The van der Waals surface area contributed by atoms with Gasteiger partial charge in [0.05, 0.1) is 11.6 Å². The van der Waals surface area contributed by atoms with Gasteiger partial charge in [0, 0.05) is 42.9 Å². The summed E-state index contributed by atoms with van der Waals surface area (Å²) in [6, 6.07) is 1.33. The first kappa shape index (κ1) is 26.5. The molecule has 7 atom stereocenters. The van der Waals surface area contributed by atoms with Gasteiger partial charge in [0.1, 0.15) is 22.8 Å². The number of anilines is 1. The molecule has 7 rings (SSSR count). The van der Waals surface area contributed by atoms with Crippen LogP contribution in [0.25, 0.3) is 5.76 Å². The Morgan fingerprint density at radius 3 is 2.59 bits per heavy atom. The van der Waals surface area contributed by atoms with Gasteiger partial charge in [-0.2, -0.15) is 0 Å². The largest absolute Gasteiger partial charge is 0.508 e. The fraction of sp³-hybridized carbons (Fsp3) is 0.567. The van der Waals surface area contributed by atoms with Crippen molar-refractivity contribution < 1.29 is 34.8 Å². The van der Waals surface area contributed by atoms with Crippen LogP contribution in [-0.2, 0) is 20.8 Å². The van der Waals surface area contributed by atoms with Crippen molar-refractivity contribution in [2.24, 2.45) is 23.5 Å². The molecule has 0 radical (unpaired) electrons. The van der Waals surface area contributed by atoms with Crippen molar-refractivity contribution in [3.05, 3.63) is 39.7 Å². The number of hydrogen-bond donors (Lipinski definition) is 5. The van der Waals surface area contributed by atoms with Crippen LogP contribution in [0, 0.1) is 17.8 Å². The van der Waals surface area contributed by atoms with Crippen LogP contribution in [0.1, 0.15) is 48.4 Å². The number of Topliss-reactive ketones (excluding diaryl/α,β-unsaturated/α-hetero) is 2. The SMILES string of the molecule is CN1CC2CC3CCCN3C2c2cc(O)c3c(c21)C[C@H]1C[C@H]2[C@@H](N(C)C)C(=O)C(C(N)=O)=C(O)[C@@]2(O)C(=O)C1=C3O. The molecule has 41 heavy (non-hydrogen) atoms. The number of primary amides is 1. The van der Waals surface area contributed by atoms with E-state index in [1.54, 1.807) is 20.2 Å². The van der Waals surface area contributed by atoms with E-state index in [1.807, 2.05) is 7.05 Å². The van der Waals surface area contributed by atoms with Crippen molar-refractivity contribution in [1.82, 2.24) is 9.80 Å². The average Bonchev–Trinajstić information content (AvgIpc) is 3.46. The van der Waals surface area contributed by atoms with Gasteiger partial charge in [0.25, 0.3) is 5.91 Å². The minimum Gasteiger partial charge on any atom is -0.508 e. The zero-order valence-corrected chi connectivity index (χ0v) is 23.4. The van der Waals surface area contributed by atoms with E-state index in [0.29, 0.717) is 18.4 Å². The molecular formula is C30H36N4O7. The second kappa shape index (κ2) is 8.56. The smallest absolute Gasteiger partial charge is 0.255 e. The third-order valence-corrected chi connectivity index (χ3v) is 10.7. The van der Waals surface area contributed by atoms with Gasteiger partial charge in [-0.3, -0.25) is 24.2 Å². The van der Waals surface area contributed by atoms with E-state index >= 15 is 0 Å². The van der Waals surface area contributed by atoms with Gasteiger partial charge >= 0.3 is 0 Å². The normalized spacial score (nSPS) is 36.2. The van der Waals surface area contributed by atoms with Crippen LogP contribution in [0.2, 0.25) is 0 Å². The number of phenols is 1. The molecule has 1 aromatic rings. The number of nitrogens with zero attached hydrogens (tertiary/aromatic N) is 3. The number of fused-ring (bicyclic) bond motifs is 9. The summed E-state index contributed by atoms with van der Waals surface area (Å²) in [4.78, 5) is 45.9. The fourth-order valence-corrected chi connectivity index (χ4v) is 9.28. The standard InChI is InChI=1S/C30H36N4O7/c1-32(2)24-17-9-12-8-15-20(25(36)19(12)27(38)30(17,41)28(39)21(26(24)37)29(31)40)18(35)10-16-22-13(11-33(3)23(15)16)7-14-5-4-6-34(14)22/h10,12-14,17,22,24,35-36,39,41H,4-9,11H2,1-3H3,(H2,31,40)/t12-,13?,14?,17-,22?,24+,30-/m0/s1. The lowest BCUT2D eigenvalue weighted by molar-refractivity contribution is -0.153. The minimum absolute atomic E-state index is 0.0835. The summed E-state index contributed by atoms with van der Waals surface area (Å²) >= 11 is 0. The zero-order chi connectivity index (χ0) is 29.3. The number of likely N-dealkylation sites (N-methyl/N-ethyl adjacent to an activating group) is 1. The van der Waals surface area contributed by atoms with Gasteiger partial charge in [-0.25, -0.2) is 0 Å². The van der Waals surface area contributed by atoms with Gasteiger partial charge in [-0.1, -0.05) is 0 Å². The Kier molecular flexibility index (Phi) is 5.53. The van der Waals surface area contributed by atoms with Gasteiger partial charge in [-0.15, -0.1) is 0 Å². The van der Waals surface area contributed by atoms with Crippen molar-refractivity contribution in [2.75, 3.05) is 39.1 Å². The van der Waals surface area contributed by atoms with Crippen LogP contribution in [0.4, 0.5) is 5.69 Å². The Bertz CT molecular complexity index is 1500. The molecule has 1 saturated carbocycles. The van der Waals surface area contributed by atoms with Gasteiger partial charge in [0.2, 0.25) is 5.78 Å². The molecule has 3 aliphatic heterocycles. The molecule has 3 unspecified atom stereocenters. The van der Waals surface area contributed by atoms with E-state index in [-0.39, 0.29) is 29.3 Å². The number of aromatic hydroxyl groups is 1. The van der Waals surface area contributed by atoms with E-state index in [4.69, 9.17) is 5.73 Å². The van der Waals surface area contributed by atoms with Crippen molar-refractivity contribution >= 4 is 28.9 Å². The Balaban J connectivity index is 1.41. The maximum atomic E-state index is 14.1. The van der Waals surface area contributed by atoms with Crippen LogP contribution in [-0.4, -0.2) is 99.6 Å². The number of benzene rings is 1. The number of rotatable bonds is 2. The highest BCUT2D eigenvalue weighted by atomic mass is 16.3. The molecule has 1 aromatic carbocycles. The first-order chi connectivity index (χ1) is 19.4. The second-order valence-electron chi connectivity index (χ2n) is 13.0. The summed E-state index contributed by atoms with van der Waals surface area (Å²) in [7, 11) is 5.22. The predicted octanol–water partition coefficient (Wildman–Crippen LogP) is 0.939. The quantitative estimate of drug-likeness (QED) is 0.326. The molecule has 3 heterocycles. The zero-order valence-electron chi connectivity index (χ0n) is 23.4. The number of aliphatic hydroxyl groups is 3. The van der Waals surface area contributed by atoms with E-state index in [0.717, 1.165) is 42.7 Å². The molecule has 0 aromatic heterocycles. The van der Waals surface area contributed by atoms with Gasteiger partial charge in [0.15, 0.2) is 11.4 Å². The van der Waals surface area contributed by atoms with Crippen LogP contribution in [0.3, 0.4) is 0 Å². The summed E-state index contributed by atoms with van der Waals surface area (Å²) in [5, 5.41) is 45.8. The third kappa shape index (κ3) is 3.22. The number of hydrogen-bond acceptors (Lipinski definition) is 10. The summed E-state index contributed by atoms with van der Waals surface area (Å²) < 4.78 is 0. The van der Waals surface area contributed by atoms with Crippen molar-refractivity contribution in [1.29, 1.82) is 0 Å². The van der Waals surface area contributed by atoms with E-state index < -0.39 is 58.0 Å². The molecule has 3 fully saturated rings. The molecule has 218 valence electrons. The first-order valence-electron chi connectivity index (χ1n) is 14.4. The van der Waals surface area contributed by atoms with Gasteiger partial charge in [-0.05, 0) is 81.8 Å². The molecule has 0 bridgehead atoms. The number of carbonyl (C=O) groups excluding carboxylic acids is 3. The average molecular weight is 565 g/mol. The number of aliphatic hydroxyl groups excluding tert-OH is 2. The highest BCUT2D eigenvalue weighted by Gasteiger charge is 2.64. The Morgan fingerprint density at radius 2 is 1.90 bits per heavy atom. The summed E-state index contributed by atoms with van der Waals surface area (Å²) in [5.41, 5.74) is 4.73. The summed E-state index contributed by atoms with van der Waals surface area (Å²) in [6.45, 7) is 1.86. The van der Waals surface area contributed by atoms with Crippen LogP contribution >= 0.6 is 0 Å². The Labute approximate surface area is 237 Å². The van der Waals surface area contributed by atoms with Crippen LogP contribution in [0.15, 0.2) is 23.0 Å². The topological polar surface area (TPSA) is 168 Å². The number of ketones is 2.